The number of aromatic amines is 1. The van der Waals surface area contributed by atoms with Gasteiger partial charge in [-0.3, -0.25) is 4.79 Å². The number of benzene rings is 2. The van der Waals surface area contributed by atoms with E-state index in [1.54, 1.807) is 12.1 Å². The van der Waals surface area contributed by atoms with Crippen molar-refractivity contribution in [1.29, 1.82) is 0 Å². The van der Waals surface area contributed by atoms with E-state index in [9.17, 15) is 9.18 Å². The highest BCUT2D eigenvalue weighted by atomic mass is 19.1. The summed E-state index contributed by atoms with van der Waals surface area (Å²) in [4.78, 5) is 17.8. The van der Waals surface area contributed by atoms with Gasteiger partial charge in [-0.2, -0.15) is 0 Å². The number of nitrogens with zero attached hydrogens (tertiary/aromatic N) is 1. The van der Waals surface area contributed by atoms with E-state index < -0.39 is 0 Å². The van der Waals surface area contributed by atoms with Crippen LogP contribution >= 0.6 is 0 Å². The van der Waals surface area contributed by atoms with Gasteiger partial charge in [0.1, 0.15) is 5.82 Å². The van der Waals surface area contributed by atoms with Crippen LogP contribution in [0.3, 0.4) is 0 Å². The third kappa shape index (κ3) is 2.08. The van der Waals surface area contributed by atoms with Crippen molar-refractivity contribution < 1.29 is 9.18 Å². The maximum atomic E-state index is 13.0. The normalized spacial score (nSPS) is 14.1. The molecule has 0 saturated carbocycles. The highest BCUT2D eigenvalue weighted by Crippen LogP contribution is 2.28. The molecule has 3 aromatic rings. The van der Waals surface area contributed by atoms with E-state index in [2.05, 4.69) is 17.1 Å². The Bertz CT molecular complexity index is 851. The lowest BCUT2D eigenvalue weighted by atomic mass is 10.0. The zero-order chi connectivity index (χ0) is 15.1. The molecule has 0 radical (unpaired) electrons. The van der Waals surface area contributed by atoms with E-state index in [1.807, 2.05) is 17.0 Å². The molecule has 3 nitrogen and oxygen atoms in total. The Balaban J connectivity index is 1.66. The Hall–Kier alpha value is -2.62. The maximum Gasteiger partial charge on any atom is 0.254 e. The average Bonchev–Trinajstić information content (AvgIpc) is 2.92. The molecule has 1 amide bonds. The van der Waals surface area contributed by atoms with Crippen LogP contribution in [0.15, 0.2) is 48.5 Å². The Kier molecular flexibility index (Phi) is 2.96. The first-order chi connectivity index (χ1) is 10.7. The second-order valence-corrected chi connectivity index (χ2v) is 5.61. The van der Waals surface area contributed by atoms with Crippen molar-refractivity contribution in [2.75, 3.05) is 6.54 Å². The number of hydrogen-bond donors (Lipinski definition) is 1. The van der Waals surface area contributed by atoms with Crippen LogP contribution in [0.4, 0.5) is 4.39 Å². The minimum atomic E-state index is -0.325. The second-order valence-electron chi connectivity index (χ2n) is 5.61. The summed E-state index contributed by atoms with van der Waals surface area (Å²) in [5.41, 5.74) is 4.05. The number of fused-ring (bicyclic) bond motifs is 3. The van der Waals surface area contributed by atoms with Gasteiger partial charge >= 0.3 is 0 Å². The first-order valence-electron chi connectivity index (χ1n) is 7.35. The molecule has 4 heteroatoms. The second kappa shape index (κ2) is 4.98. The zero-order valence-corrected chi connectivity index (χ0v) is 12.0. The maximum absolute atomic E-state index is 13.0. The van der Waals surface area contributed by atoms with Gasteiger partial charge in [0.2, 0.25) is 0 Å². The molecule has 22 heavy (non-hydrogen) atoms. The Morgan fingerprint density at radius 2 is 1.86 bits per heavy atom. The number of carbonyl (C=O) groups excluding carboxylic acids is 1. The van der Waals surface area contributed by atoms with E-state index in [1.165, 1.54) is 28.8 Å². The fourth-order valence-electron chi connectivity index (χ4n) is 3.11. The summed E-state index contributed by atoms with van der Waals surface area (Å²) >= 11 is 0. The summed E-state index contributed by atoms with van der Waals surface area (Å²) < 4.78 is 13.0. The highest BCUT2D eigenvalue weighted by molar-refractivity contribution is 5.95. The van der Waals surface area contributed by atoms with E-state index in [-0.39, 0.29) is 11.7 Å². The number of H-pyrrole nitrogens is 1. The first kappa shape index (κ1) is 13.1. The van der Waals surface area contributed by atoms with Gasteiger partial charge in [0.05, 0.1) is 0 Å². The predicted octanol–water partition coefficient (Wildman–Crippen LogP) is 3.51. The number of aromatic nitrogens is 1. The van der Waals surface area contributed by atoms with Gasteiger partial charge in [-0.05, 0) is 30.3 Å². The minimum absolute atomic E-state index is 0.0454. The summed E-state index contributed by atoms with van der Waals surface area (Å²) in [5, 5.41) is 1.18. The molecule has 0 saturated heterocycles. The van der Waals surface area contributed by atoms with Gasteiger partial charge in [0, 0.05) is 47.2 Å². The minimum Gasteiger partial charge on any atom is -0.358 e. The topological polar surface area (TPSA) is 36.1 Å². The molecule has 2 aromatic carbocycles. The van der Waals surface area contributed by atoms with Gasteiger partial charge in [-0.25, -0.2) is 4.39 Å². The van der Waals surface area contributed by atoms with Crippen LogP contribution in [0.5, 0.6) is 0 Å². The van der Waals surface area contributed by atoms with Crippen molar-refractivity contribution in [3.8, 4) is 0 Å². The van der Waals surface area contributed by atoms with Crippen molar-refractivity contribution in [1.82, 2.24) is 9.88 Å². The summed E-state index contributed by atoms with van der Waals surface area (Å²) in [7, 11) is 0. The van der Waals surface area contributed by atoms with E-state index in [4.69, 9.17) is 0 Å². The lowest BCUT2D eigenvalue weighted by Crippen LogP contribution is -2.35. The van der Waals surface area contributed by atoms with Crippen molar-refractivity contribution in [3.05, 3.63) is 71.2 Å². The molecule has 1 aliphatic heterocycles. The summed E-state index contributed by atoms with van der Waals surface area (Å²) in [6.45, 7) is 1.27. The van der Waals surface area contributed by atoms with Crippen LogP contribution in [-0.2, 0) is 13.0 Å². The van der Waals surface area contributed by atoms with Gasteiger partial charge in [-0.1, -0.05) is 18.2 Å². The molecular weight excluding hydrogens is 279 g/mol. The molecule has 110 valence electrons. The largest absolute Gasteiger partial charge is 0.358 e. The van der Waals surface area contributed by atoms with Crippen LogP contribution in [-0.4, -0.2) is 22.3 Å². The number of halogens is 1. The van der Waals surface area contributed by atoms with Crippen molar-refractivity contribution in [2.45, 2.75) is 13.0 Å². The Labute approximate surface area is 127 Å². The number of carbonyl (C=O) groups is 1. The molecule has 0 bridgehead atoms. The average molecular weight is 294 g/mol. The zero-order valence-electron chi connectivity index (χ0n) is 12.0. The summed E-state index contributed by atoms with van der Waals surface area (Å²) in [6, 6.07) is 13.9. The van der Waals surface area contributed by atoms with Crippen molar-refractivity contribution in [2.24, 2.45) is 0 Å². The van der Waals surface area contributed by atoms with Gasteiger partial charge in [0.15, 0.2) is 0 Å². The van der Waals surface area contributed by atoms with Crippen LogP contribution in [0.25, 0.3) is 10.9 Å². The third-order valence-corrected chi connectivity index (χ3v) is 4.26. The molecule has 1 aromatic heterocycles. The molecular formula is C18H15FN2O. The lowest BCUT2D eigenvalue weighted by Gasteiger charge is -2.27. The fraction of sp³-hybridized carbons (Fsp3) is 0.167. The Morgan fingerprint density at radius 3 is 2.68 bits per heavy atom. The van der Waals surface area contributed by atoms with E-state index in [0.29, 0.717) is 18.7 Å². The number of para-hydroxylation sites is 1. The van der Waals surface area contributed by atoms with Crippen LogP contribution in [0, 0.1) is 5.82 Å². The number of nitrogens with one attached hydrogen (secondary N) is 1. The smallest absolute Gasteiger partial charge is 0.254 e. The molecule has 0 atom stereocenters. The summed E-state index contributed by atoms with van der Waals surface area (Å²) in [6.07, 6.45) is 0.816. The molecule has 2 heterocycles. The Morgan fingerprint density at radius 1 is 1.09 bits per heavy atom. The highest BCUT2D eigenvalue weighted by Gasteiger charge is 2.24. The SMILES string of the molecule is O=C(c1ccc(F)cc1)N1CCc2[nH]c3ccccc3c2C1. The number of rotatable bonds is 1. The van der Waals surface area contributed by atoms with Crippen LogP contribution in [0.1, 0.15) is 21.6 Å². The van der Waals surface area contributed by atoms with Crippen LogP contribution < -0.4 is 0 Å². The quantitative estimate of drug-likeness (QED) is 0.732. The van der Waals surface area contributed by atoms with Gasteiger partial charge < -0.3 is 9.88 Å². The molecule has 0 unspecified atom stereocenters. The van der Waals surface area contributed by atoms with Crippen LogP contribution in [0.2, 0.25) is 0 Å². The molecule has 1 N–H and O–H groups in total. The van der Waals surface area contributed by atoms with Gasteiger partial charge in [0.25, 0.3) is 5.91 Å². The number of hydrogen-bond acceptors (Lipinski definition) is 1. The van der Waals surface area contributed by atoms with Crippen molar-refractivity contribution in [3.63, 3.8) is 0 Å². The fourth-order valence-corrected chi connectivity index (χ4v) is 3.11. The summed E-state index contributed by atoms with van der Waals surface area (Å²) in [5.74, 6) is -0.370. The lowest BCUT2D eigenvalue weighted by molar-refractivity contribution is 0.0735. The van der Waals surface area contributed by atoms with Crippen molar-refractivity contribution >= 4 is 16.8 Å². The molecule has 4 rings (SSSR count). The predicted molar refractivity (Wildman–Crippen MR) is 83.1 cm³/mol. The molecule has 0 fully saturated rings. The first-order valence-corrected chi connectivity index (χ1v) is 7.35. The van der Waals surface area contributed by atoms with Gasteiger partial charge in [-0.15, -0.1) is 0 Å². The molecule has 0 aliphatic carbocycles. The number of amides is 1. The monoisotopic (exact) mass is 294 g/mol. The van der Waals surface area contributed by atoms with E-state index in [0.717, 1.165) is 11.9 Å². The molecule has 0 spiro atoms. The third-order valence-electron chi connectivity index (χ3n) is 4.26. The standard InChI is InChI=1S/C18H15FN2O/c19-13-7-5-12(6-8-13)18(22)21-10-9-17-15(11-21)14-3-1-2-4-16(14)20-17/h1-8,20H,9-11H2. The molecule has 1 aliphatic rings. The van der Waals surface area contributed by atoms with E-state index >= 15 is 0 Å².